The number of hydrogen-bond donors (Lipinski definition) is 1. The number of pyridine rings is 1. The third-order valence-corrected chi connectivity index (χ3v) is 6.38. The number of aryl methyl sites for hydroxylation is 2. The largest absolute Gasteiger partial charge is 0.391 e. The van der Waals surface area contributed by atoms with Gasteiger partial charge in [-0.1, -0.05) is 23.7 Å². The van der Waals surface area contributed by atoms with E-state index in [2.05, 4.69) is 19.9 Å². The van der Waals surface area contributed by atoms with Gasteiger partial charge in [-0.2, -0.15) is 0 Å². The van der Waals surface area contributed by atoms with Gasteiger partial charge in [-0.05, 0) is 32.4 Å². The maximum absolute atomic E-state index is 13.7. The number of rotatable bonds is 4. The highest BCUT2D eigenvalue weighted by Crippen LogP contribution is 2.31. The van der Waals surface area contributed by atoms with E-state index < -0.39 is 6.10 Å². The molecule has 9 nitrogen and oxygen atoms in total. The normalized spacial score (nSPS) is 15.7. The molecule has 1 aliphatic rings. The molecule has 1 atom stereocenters. The van der Waals surface area contributed by atoms with E-state index in [0.29, 0.717) is 51.7 Å². The van der Waals surface area contributed by atoms with Gasteiger partial charge >= 0.3 is 0 Å². The fourth-order valence-corrected chi connectivity index (χ4v) is 4.57. The minimum Gasteiger partial charge on any atom is -0.391 e. The summed E-state index contributed by atoms with van der Waals surface area (Å²) < 4.78 is 1.36. The summed E-state index contributed by atoms with van der Waals surface area (Å²) >= 11 is 6.65. The summed E-state index contributed by atoms with van der Waals surface area (Å²) in [7, 11) is 0. The average Bonchev–Trinajstić information content (AvgIpc) is 3.27. The minimum atomic E-state index is -0.543. The molecule has 178 valence electrons. The van der Waals surface area contributed by atoms with Crippen molar-refractivity contribution >= 4 is 28.5 Å². The van der Waals surface area contributed by atoms with Gasteiger partial charge in [0.1, 0.15) is 18.0 Å². The molecule has 1 aromatic carbocycles. The average molecular weight is 491 g/mol. The molecule has 1 N–H and O–H groups in total. The number of carbonyl (C=O) groups excluding carboxylic acids is 1. The van der Waals surface area contributed by atoms with Crippen molar-refractivity contribution in [3.63, 3.8) is 0 Å². The number of carbonyl (C=O) groups is 1. The highest BCUT2D eigenvalue weighted by molar-refractivity contribution is 6.33. The summed E-state index contributed by atoms with van der Waals surface area (Å²) in [6, 6.07) is 7.05. The molecule has 3 aromatic heterocycles. The predicted octanol–water partition coefficient (Wildman–Crippen LogP) is 2.78. The summed E-state index contributed by atoms with van der Waals surface area (Å²) in [4.78, 5) is 45.5. The number of amides is 1. The van der Waals surface area contributed by atoms with Crippen LogP contribution in [0, 0.1) is 13.8 Å². The number of nitrogens with zero attached hydrogens (tertiary/aromatic N) is 6. The van der Waals surface area contributed by atoms with Crippen LogP contribution in [0.15, 0.2) is 47.7 Å². The van der Waals surface area contributed by atoms with Crippen molar-refractivity contribution in [2.24, 2.45) is 0 Å². The Bertz CT molecular complexity index is 1520. The van der Waals surface area contributed by atoms with Crippen LogP contribution in [0.1, 0.15) is 17.9 Å². The second-order valence-electron chi connectivity index (χ2n) is 8.67. The molecule has 10 heteroatoms. The molecule has 0 aliphatic carbocycles. The standard InChI is InChI=1S/C25H23ClN6O3/c1-14-9-27-11-22(29-14)16-3-4-19(21(26)8-16)20-7-17-10-28-15(2)30-24(17)32(25(20)35)13-23(34)31-6-5-18(33)12-31/h3-4,7-11,18,33H,5-6,12-13H2,1-2H3. The number of likely N-dealkylation sites (tertiary alicyclic amines) is 1. The maximum atomic E-state index is 13.7. The van der Waals surface area contributed by atoms with E-state index in [9.17, 15) is 14.7 Å². The van der Waals surface area contributed by atoms with Crippen LogP contribution in [-0.2, 0) is 11.3 Å². The number of aliphatic hydroxyl groups is 1. The fraction of sp³-hybridized carbons (Fsp3) is 0.280. The molecule has 1 amide bonds. The van der Waals surface area contributed by atoms with Gasteiger partial charge in [0.2, 0.25) is 5.91 Å². The lowest BCUT2D eigenvalue weighted by Gasteiger charge is -2.18. The van der Waals surface area contributed by atoms with E-state index in [-0.39, 0.29) is 24.6 Å². The zero-order valence-electron chi connectivity index (χ0n) is 19.3. The van der Waals surface area contributed by atoms with Gasteiger partial charge in [0, 0.05) is 52.6 Å². The van der Waals surface area contributed by atoms with Crippen LogP contribution in [0.25, 0.3) is 33.4 Å². The Hall–Kier alpha value is -3.69. The number of hydrogen-bond acceptors (Lipinski definition) is 7. The number of aromatic nitrogens is 5. The van der Waals surface area contributed by atoms with Gasteiger partial charge in [-0.15, -0.1) is 0 Å². The van der Waals surface area contributed by atoms with Crippen molar-refractivity contribution in [1.82, 2.24) is 29.4 Å². The van der Waals surface area contributed by atoms with Crippen molar-refractivity contribution in [1.29, 1.82) is 0 Å². The quantitative estimate of drug-likeness (QED) is 0.467. The second kappa shape index (κ2) is 9.16. The van der Waals surface area contributed by atoms with E-state index in [1.165, 1.54) is 4.57 Å². The Morgan fingerprint density at radius 2 is 1.97 bits per heavy atom. The number of benzene rings is 1. The second-order valence-corrected chi connectivity index (χ2v) is 9.08. The molecule has 1 unspecified atom stereocenters. The van der Waals surface area contributed by atoms with Crippen LogP contribution in [-0.4, -0.2) is 59.6 Å². The smallest absolute Gasteiger partial charge is 0.260 e. The summed E-state index contributed by atoms with van der Waals surface area (Å²) in [6.45, 7) is 4.10. The molecule has 1 saturated heterocycles. The lowest BCUT2D eigenvalue weighted by molar-refractivity contribution is -0.131. The van der Waals surface area contributed by atoms with E-state index in [0.717, 1.165) is 11.3 Å². The van der Waals surface area contributed by atoms with E-state index in [4.69, 9.17) is 11.6 Å². The van der Waals surface area contributed by atoms with Gasteiger partial charge in [-0.3, -0.25) is 19.1 Å². The number of fused-ring (bicyclic) bond motifs is 1. The SMILES string of the molecule is Cc1cncc(-c2ccc(-c3cc4cnc(C)nc4n(CC(=O)N4CCC(O)C4)c3=O)c(Cl)c2)n1. The highest BCUT2D eigenvalue weighted by atomic mass is 35.5. The van der Waals surface area contributed by atoms with Gasteiger partial charge < -0.3 is 10.0 Å². The van der Waals surface area contributed by atoms with Crippen molar-refractivity contribution in [3.05, 3.63) is 69.8 Å². The fourth-order valence-electron chi connectivity index (χ4n) is 4.28. The first-order chi connectivity index (χ1) is 16.8. The monoisotopic (exact) mass is 490 g/mol. The van der Waals surface area contributed by atoms with E-state index >= 15 is 0 Å². The van der Waals surface area contributed by atoms with Crippen molar-refractivity contribution in [2.75, 3.05) is 13.1 Å². The topological polar surface area (TPSA) is 114 Å². The first-order valence-electron chi connectivity index (χ1n) is 11.2. The first-order valence-corrected chi connectivity index (χ1v) is 11.6. The lowest BCUT2D eigenvalue weighted by Crippen LogP contribution is -2.36. The highest BCUT2D eigenvalue weighted by Gasteiger charge is 2.26. The summed E-state index contributed by atoms with van der Waals surface area (Å²) in [5, 5.41) is 10.8. The molecular formula is C25H23ClN6O3. The van der Waals surface area contributed by atoms with Gasteiger partial charge in [0.05, 0.1) is 23.7 Å². The zero-order chi connectivity index (χ0) is 24.7. The Kier molecular flexibility index (Phi) is 6.04. The summed E-state index contributed by atoms with van der Waals surface area (Å²) in [6.07, 6.45) is 4.94. The summed E-state index contributed by atoms with van der Waals surface area (Å²) in [5.41, 5.74) is 3.10. The number of halogens is 1. The van der Waals surface area contributed by atoms with Crippen molar-refractivity contribution in [2.45, 2.75) is 32.9 Å². The van der Waals surface area contributed by atoms with Crippen molar-refractivity contribution in [3.8, 4) is 22.4 Å². The van der Waals surface area contributed by atoms with Crippen LogP contribution in [0.5, 0.6) is 0 Å². The molecule has 1 fully saturated rings. The molecule has 1 aliphatic heterocycles. The van der Waals surface area contributed by atoms with Crippen LogP contribution in [0.2, 0.25) is 5.02 Å². The van der Waals surface area contributed by atoms with E-state index in [1.807, 2.05) is 13.0 Å². The number of β-amino-alcohol motifs (C(OH)–C–C–N with tert-alkyl or cyclic N) is 1. The third kappa shape index (κ3) is 4.52. The molecule has 0 bridgehead atoms. The van der Waals surface area contributed by atoms with Crippen LogP contribution in [0.4, 0.5) is 0 Å². The third-order valence-electron chi connectivity index (χ3n) is 6.07. The Morgan fingerprint density at radius 1 is 1.14 bits per heavy atom. The first kappa shape index (κ1) is 23.1. The Morgan fingerprint density at radius 3 is 2.69 bits per heavy atom. The van der Waals surface area contributed by atoms with Crippen LogP contribution < -0.4 is 5.56 Å². The molecule has 4 aromatic rings. The Labute approximate surface area is 206 Å². The molecule has 0 saturated carbocycles. The summed E-state index contributed by atoms with van der Waals surface area (Å²) in [5.74, 6) is 0.238. The van der Waals surface area contributed by atoms with Gasteiger partial charge in [0.25, 0.3) is 5.56 Å². The van der Waals surface area contributed by atoms with Crippen LogP contribution >= 0.6 is 11.6 Å². The molecule has 0 spiro atoms. The molecule has 35 heavy (non-hydrogen) atoms. The minimum absolute atomic E-state index is 0.194. The molecule has 5 rings (SSSR count). The maximum Gasteiger partial charge on any atom is 0.260 e. The molecular weight excluding hydrogens is 468 g/mol. The molecule has 4 heterocycles. The number of aliphatic hydroxyl groups excluding tert-OH is 1. The van der Waals surface area contributed by atoms with Crippen molar-refractivity contribution < 1.29 is 9.90 Å². The predicted molar refractivity (Wildman–Crippen MR) is 132 cm³/mol. The van der Waals surface area contributed by atoms with Crippen LogP contribution in [0.3, 0.4) is 0 Å². The lowest BCUT2D eigenvalue weighted by atomic mass is 10.0. The zero-order valence-corrected chi connectivity index (χ0v) is 20.0. The Balaban J connectivity index is 1.61. The van der Waals surface area contributed by atoms with Gasteiger partial charge in [-0.25, -0.2) is 15.0 Å². The molecule has 0 radical (unpaired) electrons. The van der Waals surface area contributed by atoms with Gasteiger partial charge in [0.15, 0.2) is 0 Å². The van der Waals surface area contributed by atoms with E-state index in [1.54, 1.807) is 48.6 Å².